The normalized spacial score (nSPS) is 11.7. The van der Waals surface area contributed by atoms with E-state index in [1.807, 2.05) is 6.92 Å². The van der Waals surface area contributed by atoms with Crippen LogP contribution < -0.4 is 5.32 Å². The molecule has 2 heterocycles. The molecule has 0 aromatic carbocycles. The van der Waals surface area contributed by atoms with Gasteiger partial charge in [0.15, 0.2) is 6.10 Å². The van der Waals surface area contributed by atoms with Gasteiger partial charge in [0.2, 0.25) is 11.7 Å². The summed E-state index contributed by atoms with van der Waals surface area (Å²) in [6.45, 7) is 9.67. The van der Waals surface area contributed by atoms with E-state index in [0.29, 0.717) is 21.8 Å². The lowest BCUT2D eigenvalue weighted by molar-refractivity contribution is -0.114. The average molecular weight is 420 g/mol. The number of thiophene rings is 1. The molecule has 0 saturated carbocycles. The van der Waals surface area contributed by atoms with Crippen molar-refractivity contribution in [1.82, 2.24) is 4.98 Å². The number of amides is 1. The van der Waals surface area contributed by atoms with Crippen molar-refractivity contribution < 1.29 is 28.7 Å². The lowest BCUT2D eigenvalue weighted by Crippen LogP contribution is -2.26. The van der Waals surface area contributed by atoms with Gasteiger partial charge in [-0.05, 0) is 45.7 Å². The Hall–Kier alpha value is -2.94. The Morgan fingerprint density at radius 3 is 2.17 bits per heavy atom. The van der Waals surface area contributed by atoms with E-state index < -0.39 is 23.8 Å². The lowest BCUT2D eigenvalue weighted by Gasteiger charge is -2.13. The molecule has 8 nitrogen and oxygen atoms in total. The summed E-state index contributed by atoms with van der Waals surface area (Å²) in [5.41, 5.74) is 2.31. The fourth-order valence-corrected chi connectivity index (χ4v) is 4.10. The number of Topliss-reactive ketones (excluding diaryl/α,β-unsaturated/α-hetero) is 1. The van der Waals surface area contributed by atoms with Gasteiger partial charge in [-0.15, -0.1) is 11.3 Å². The largest absolute Gasteiger partial charge is 0.465 e. The summed E-state index contributed by atoms with van der Waals surface area (Å²) in [6, 6.07) is 0. The summed E-state index contributed by atoms with van der Waals surface area (Å²) < 4.78 is 10.1. The Kier molecular flexibility index (Phi) is 6.63. The van der Waals surface area contributed by atoms with Gasteiger partial charge in [0, 0.05) is 17.5 Å². The smallest absolute Gasteiger partial charge is 0.342 e. The zero-order chi connectivity index (χ0) is 22.0. The van der Waals surface area contributed by atoms with Crippen molar-refractivity contribution in [1.29, 1.82) is 0 Å². The summed E-state index contributed by atoms with van der Waals surface area (Å²) in [6.07, 6.45) is -1.10. The van der Waals surface area contributed by atoms with Crippen LogP contribution in [-0.4, -0.2) is 41.8 Å². The van der Waals surface area contributed by atoms with Crippen LogP contribution in [0, 0.1) is 27.7 Å². The highest BCUT2D eigenvalue weighted by Crippen LogP contribution is 2.33. The summed E-state index contributed by atoms with van der Waals surface area (Å²) in [5, 5.41) is 3.01. The first-order valence-electron chi connectivity index (χ1n) is 8.89. The maximum Gasteiger partial charge on any atom is 0.342 e. The van der Waals surface area contributed by atoms with Crippen LogP contribution in [0.15, 0.2) is 0 Å². The molecule has 1 atom stereocenters. The number of ether oxygens (including phenoxy) is 2. The van der Waals surface area contributed by atoms with Crippen LogP contribution in [0.4, 0.5) is 5.00 Å². The van der Waals surface area contributed by atoms with Crippen molar-refractivity contribution in [3.05, 3.63) is 38.5 Å². The van der Waals surface area contributed by atoms with Crippen LogP contribution in [0.25, 0.3) is 0 Å². The minimum absolute atomic E-state index is 0.184. The quantitative estimate of drug-likeness (QED) is 0.546. The van der Waals surface area contributed by atoms with E-state index in [0.717, 1.165) is 4.88 Å². The molecule has 0 saturated heterocycles. The minimum Gasteiger partial charge on any atom is -0.465 e. The number of nitrogens with one attached hydrogen (secondary N) is 2. The Morgan fingerprint density at radius 1 is 1.00 bits per heavy atom. The van der Waals surface area contributed by atoms with Crippen molar-refractivity contribution in [3.63, 3.8) is 0 Å². The minimum atomic E-state index is -1.10. The van der Waals surface area contributed by atoms with E-state index in [1.54, 1.807) is 20.8 Å². The number of rotatable bonds is 6. The molecular formula is C20H24N2O6S. The number of esters is 2. The lowest BCUT2D eigenvalue weighted by atomic mass is 10.1. The van der Waals surface area contributed by atoms with Crippen molar-refractivity contribution >= 4 is 40.0 Å². The predicted molar refractivity (Wildman–Crippen MR) is 109 cm³/mol. The Balaban J connectivity index is 2.28. The monoisotopic (exact) mass is 420 g/mol. The highest BCUT2D eigenvalue weighted by molar-refractivity contribution is 7.16. The van der Waals surface area contributed by atoms with Gasteiger partial charge in [0.05, 0.1) is 23.9 Å². The van der Waals surface area contributed by atoms with E-state index in [1.165, 1.54) is 32.3 Å². The second-order valence-electron chi connectivity index (χ2n) is 6.70. The van der Waals surface area contributed by atoms with Gasteiger partial charge < -0.3 is 19.8 Å². The molecule has 0 bridgehead atoms. The highest BCUT2D eigenvalue weighted by Gasteiger charge is 2.29. The first-order valence-corrected chi connectivity index (χ1v) is 9.71. The zero-order valence-electron chi connectivity index (χ0n) is 17.4. The van der Waals surface area contributed by atoms with Gasteiger partial charge in [-0.25, -0.2) is 9.59 Å². The number of aromatic nitrogens is 1. The number of H-pyrrole nitrogens is 1. The predicted octanol–water partition coefficient (Wildman–Crippen LogP) is 3.48. The molecule has 1 amide bonds. The second kappa shape index (κ2) is 8.60. The number of methoxy groups -OCH3 is 1. The third kappa shape index (κ3) is 4.40. The first kappa shape index (κ1) is 22.4. The number of carbonyl (C=O) groups is 4. The number of hydrogen-bond acceptors (Lipinski definition) is 7. The summed E-state index contributed by atoms with van der Waals surface area (Å²) in [4.78, 5) is 52.6. The maximum absolute atomic E-state index is 12.8. The molecule has 29 heavy (non-hydrogen) atoms. The van der Waals surface area contributed by atoms with Crippen molar-refractivity contribution in [2.75, 3.05) is 12.4 Å². The number of carbonyl (C=O) groups excluding carboxylic acids is 4. The molecule has 0 aliphatic heterocycles. The van der Waals surface area contributed by atoms with Crippen LogP contribution >= 0.6 is 11.3 Å². The number of ketones is 1. The van der Waals surface area contributed by atoms with Gasteiger partial charge >= 0.3 is 11.9 Å². The first-order chi connectivity index (χ1) is 13.5. The van der Waals surface area contributed by atoms with Crippen LogP contribution in [0.5, 0.6) is 0 Å². The Labute approximate surface area is 172 Å². The summed E-state index contributed by atoms with van der Waals surface area (Å²) >= 11 is 1.27. The van der Waals surface area contributed by atoms with Crippen LogP contribution in [-0.2, 0) is 14.3 Å². The number of aromatic amines is 1. The third-order valence-electron chi connectivity index (χ3n) is 4.61. The molecule has 0 fully saturated rings. The van der Waals surface area contributed by atoms with Crippen LogP contribution in [0.2, 0.25) is 0 Å². The molecule has 9 heteroatoms. The standard InChI is InChI=1S/C20H24N2O6S/c1-8-12(5)29-18(22-13(6)23)15(8)20(26)28-11(4)17(24)16-9(2)14(10(3)21-16)19(25)27-7/h11,21H,1-7H3,(H,22,23)/t11-/m0/s1. The fraction of sp³-hybridized carbons (Fsp3) is 0.400. The molecule has 0 radical (unpaired) electrons. The summed E-state index contributed by atoms with van der Waals surface area (Å²) in [7, 11) is 1.26. The van der Waals surface area contributed by atoms with E-state index in [9.17, 15) is 19.2 Å². The molecule has 2 rings (SSSR count). The van der Waals surface area contributed by atoms with Gasteiger partial charge in [-0.2, -0.15) is 0 Å². The number of hydrogen-bond donors (Lipinski definition) is 2. The van der Waals surface area contributed by atoms with Crippen molar-refractivity contribution in [2.45, 2.75) is 47.6 Å². The van der Waals surface area contributed by atoms with E-state index in [-0.39, 0.29) is 22.7 Å². The van der Waals surface area contributed by atoms with Gasteiger partial charge in [0.1, 0.15) is 5.00 Å². The Bertz CT molecular complexity index is 1000. The fourth-order valence-electron chi connectivity index (χ4n) is 3.00. The zero-order valence-corrected chi connectivity index (χ0v) is 18.3. The second-order valence-corrected chi connectivity index (χ2v) is 7.92. The molecule has 0 unspecified atom stereocenters. The molecule has 0 spiro atoms. The van der Waals surface area contributed by atoms with E-state index >= 15 is 0 Å². The number of aryl methyl sites for hydroxylation is 2. The van der Waals surface area contributed by atoms with Gasteiger partial charge in [-0.3, -0.25) is 9.59 Å². The summed E-state index contributed by atoms with van der Waals surface area (Å²) in [5.74, 6) is -2.04. The molecule has 2 aromatic heterocycles. The van der Waals surface area contributed by atoms with E-state index in [2.05, 4.69) is 10.3 Å². The number of anilines is 1. The molecule has 156 valence electrons. The van der Waals surface area contributed by atoms with Gasteiger partial charge in [-0.1, -0.05) is 0 Å². The van der Waals surface area contributed by atoms with Gasteiger partial charge in [0.25, 0.3) is 0 Å². The average Bonchev–Trinajstić information content (AvgIpc) is 3.08. The van der Waals surface area contributed by atoms with Crippen molar-refractivity contribution in [3.8, 4) is 0 Å². The molecule has 2 N–H and O–H groups in total. The topological polar surface area (TPSA) is 115 Å². The van der Waals surface area contributed by atoms with Crippen LogP contribution in [0.1, 0.15) is 66.7 Å². The Morgan fingerprint density at radius 2 is 1.62 bits per heavy atom. The SMILES string of the molecule is COC(=O)c1c(C)[nH]c(C(=O)[C@H](C)OC(=O)c2c(NC(C)=O)sc(C)c2C)c1C. The van der Waals surface area contributed by atoms with E-state index in [4.69, 9.17) is 9.47 Å². The highest BCUT2D eigenvalue weighted by atomic mass is 32.1. The molecule has 2 aromatic rings. The molecular weight excluding hydrogens is 396 g/mol. The third-order valence-corrected chi connectivity index (χ3v) is 5.73. The van der Waals surface area contributed by atoms with Crippen LogP contribution in [0.3, 0.4) is 0 Å². The molecule has 0 aliphatic rings. The van der Waals surface area contributed by atoms with Crippen molar-refractivity contribution in [2.24, 2.45) is 0 Å². The molecule has 0 aliphatic carbocycles. The maximum atomic E-state index is 12.8.